The average Bonchev–Trinajstić information content (AvgIpc) is 2.98. The van der Waals surface area contributed by atoms with Gasteiger partial charge in [-0.2, -0.15) is 5.10 Å². The van der Waals surface area contributed by atoms with E-state index in [-0.39, 0.29) is 0 Å². The minimum Gasteiger partial charge on any atom is -0.477 e. The van der Waals surface area contributed by atoms with E-state index in [0.29, 0.717) is 24.0 Å². The summed E-state index contributed by atoms with van der Waals surface area (Å²) in [6.45, 7) is 3.39. The molecule has 2 N–H and O–H groups in total. The van der Waals surface area contributed by atoms with Crippen LogP contribution in [0.4, 0.5) is 0 Å². The molecule has 0 spiro atoms. The molecule has 3 rings (SSSR count). The largest absolute Gasteiger partial charge is 0.477 e. The van der Waals surface area contributed by atoms with Crippen LogP contribution in [0.1, 0.15) is 51.8 Å². The Bertz CT molecular complexity index is 643. The fourth-order valence-corrected chi connectivity index (χ4v) is 3.39. The zero-order chi connectivity index (χ0) is 14.8. The second-order valence-electron chi connectivity index (χ2n) is 5.47. The van der Waals surface area contributed by atoms with Gasteiger partial charge in [0.1, 0.15) is 4.88 Å². The molecule has 1 aliphatic carbocycles. The van der Waals surface area contributed by atoms with Gasteiger partial charge in [-0.05, 0) is 43.2 Å². The predicted octanol–water partition coefficient (Wildman–Crippen LogP) is 2.97. The van der Waals surface area contributed by atoms with Gasteiger partial charge in [0.2, 0.25) is 0 Å². The van der Waals surface area contributed by atoms with Crippen LogP contribution >= 0.6 is 11.3 Å². The Morgan fingerprint density at radius 1 is 1.48 bits per heavy atom. The minimum absolute atomic E-state index is 0.421. The number of aromatic nitrogens is 2. The fraction of sp³-hybridized carbons (Fsp3) is 0.467. The summed E-state index contributed by atoms with van der Waals surface area (Å²) in [6.07, 6.45) is 5.68. The van der Waals surface area contributed by atoms with E-state index < -0.39 is 5.97 Å². The van der Waals surface area contributed by atoms with Gasteiger partial charge in [0.05, 0.1) is 12.2 Å². The summed E-state index contributed by atoms with van der Waals surface area (Å²) in [5, 5.41) is 18.7. The molecular weight excluding hydrogens is 286 g/mol. The Hall–Kier alpha value is -1.66. The average molecular weight is 305 g/mol. The third kappa shape index (κ3) is 2.87. The lowest BCUT2D eigenvalue weighted by atomic mass is 9.93. The lowest BCUT2D eigenvalue weighted by Gasteiger charge is -2.27. The Morgan fingerprint density at radius 3 is 2.90 bits per heavy atom. The predicted molar refractivity (Wildman–Crippen MR) is 81.7 cm³/mol. The van der Waals surface area contributed by atoms with Crippen molar-refractivity contribution in [2.45, 2.75) is 45.3 Å². The van der Waals surface area contributed by atoms with Crippen molar-refractivity contribution in [3.8, 4) is 0 Å². The third-order valence-electron chi connectivity index (χ3n) is 4.14. The van der Waals surface area contributed by atoms with Gasteiger partial charge in [-0.15, -0.1) is 11.3 Å². The zero-order valence-corrected chi connectivity index (χ0v) is 12.8. The van der Waals surface area contributed by atoms with Crippen molar-refractivity contribution in [3.05, 3.63) is 39.3 Å². The lowest BCUT2D eigenvalue weighted by molar-refractivity contribution is 0.0701. The molecule has 0 aromatic carbocycles. The van der Waals surface area contributed by atoms with Crippen molar-refractivity contribution in [3.63, 3.8) is 0 Å². The second kappa shape index (κ2) is 5.99. The van der Waals surface area contributed by atoms with Crippen molar-refractivity contribution in [2.24, 2.45) is 0 Å². The number of nitrogens with zero attached hydrogens (tertiary/aromatic N) is 2. The number of thiophene rings is 1. The molecule has 0 amide bonds. The Morgan fingerprint density at radius 2 is 2.24 bits per heavy atom. The minimum atomic E-state index is -0.851. The van der Waals surface area contributed by atoms with Crippen molar-refractivity contribution in [1.82, 2.24) is 15.1 Å². The van der Waals surface area contributed by atoms with E-state index in [1.807, 2.05) is 17.6 Å². The molecule has 0 atom stereocenters. The summed E-state index contributed by atoms with van der Waals surface area (Å²) >= 11 is 1.27. The van der Waals surface area contributed by atoms with Gasteiger partial charge in [-0.3, -0.25) is 4.68 Å². The van der Waals surface area contributed by atoms with Crippen molar-refractivity contribution < 1.29 is 9.90 Å². The van der Waals surface area contributed by atoms with Crippen LogP contribution in [0, 0.1) is 6.92 Å². The van der Waals surface area contributed by atoms with E-state index in [1.54, 1.807) is 0 Å². The number of carboxylic acids is 1. The summed E-state index contributed by atoms with van der Waals surface area (Å²) in [7, 11) is 0. The molecule has 1 fully saturated rings. The molecule has 0 aliphatic heterocycles. The highest BCUT2D eigenvalue weighted by Gasteiger charge is 2.22. The number of aromatic carboxylic acids is 1. The first-order valence-corrected chi connectivity index (χ1v) is 8.08. The van der Waals surface area contributed by atoms with Gasteiger partial charge >= 0.3 is 5.97 Å². The van der Waals surface area contributed by atoms with Crippen molar-refractivity contribution in [1.29, 1.82) is 0 Å². The first-order chi connectivity index (χ1) is 10.2. The first-order valence-electron chi connectivity index (χ1n) is 7.20. The Balaban J connectivity index is 1.59. The summed E-state index contributed by atoms with van der Waals surface area (Å²) in [5.74, 6) is -0.851. The molecule has 0 saturated heterocycles. The van der Waals surface area contributed by atoms with Gasteiger partial charge in [-0.1, -0.05) is 0 Å². The summed E-state index contributed by atoms with van der Waals surface area (Å²) < 4.78 is 2.13. The smallest absolute Gasteiger partial charge is 0.346 e. The number of hydrogen-bond donors (Lipinski definition) is 2. The van der Waals surface area contributed by atoms with Gasteiger partial charge in [0.15, 0.2) is 0 Å². The Labute approximate surface area is 127 Å². The van der Waals surface area contributed by atoms with E-state index in [4.69, 9.17) is 5.11 Å². The van der Waals surface area contributed by atoms with Crippen LogP contribution in [0.2, 0.25) is 0 Å². The van der Waals surface area contributed by atoms with Crippen LogP contribution in [-0.4, -0.2) is 20.9 Å². The number of carboxylic acid groups (broad SMARTS) is 1. The Kier molecular flexibility index (Phi) is 4.07. The molecule has 21 heavy (non-hydrogen) atoms. The molecule has 2 heterocycles. The molecular formula is C15H19N3O2S. The normalized spacial score (nSPS) is 15.1. The van der Waals surface area contributed by atoms with E-state index >= 15 is 0 Å². The maximum atomic E-state index is 11.1. The van der Waals surface area contributed by atoms with Gasteiger partial charge in [-0.25, -0.2) is 4.79 Å². The van der Waals surface area contributed by atoms with Crippen LogP contribution in [-0.2, 0) is 13.1 Å². The highest BCUT2D eigenvalue weighted by molar-refractivity contribution is 7.12. The topological polar surface area (TPSA) is 67.2 Å². The van der Waals surface area contributed by atoms with Crippen LogP contribution in [0.3, 0.4) is 0 Å². The standard InChI is InChI=1S/C15H19N3O2S/c1-10-12(9-17-18(10)13-3-2-4-13)8-16-7-11-5-6-21-14(11)15(19)20/h5-6,9,13,16H,2-4,7-8H2,1H3,(H,19,20). The third-order valence-corrected chi connectivity index (χ3v) is 5.08. The SMILES string of the molecule is Cc1c(CNCc2ccsc2C(=O)O)cnn1C1CCC1. The van der Waals surface area contributed by atoms with Gasteiger partial charge < -0.3 is 10.4 Å². The number of carbonyl (C=O) groups is 1. The van der Waals surface area contributed by atoms with E-state index in [1.165, 1.54) is 41.9 Å². The lowest BCUT2D eigenvalue weighted by Crippen LogP contribution is -2.20. The number of rotatable bonds is 6. The van der Waals surface area contributed by atoms with E-state index in [0.717, 1.165) is 5.56 Å². The van der Waals surface area contributed by atoms with Crippen LogP contribution in [0.5, 0.6) is 0 Å². The molecule has 2 aromatic rings. The summed E-state index contributed by atoms with van der Waals surface area (Å²) in [5.41, 5.74) is 3.25. The summed E-state index contributed by atoms with van der Waals surface area (Å²) in [6, 6.07) is 2.44. The molecule has 2 aromatic heterocycles. The van der Waals surface area contributed by atoms with E-state index in [2.05, 4.69) is 22.0 Å². The quantitative estimate of drug-likeness (QED) is 0.861. The number of nitrogens with one attached hydrogen (secondary N) is 1. The van der Waals surface area contributed by atoms with Crippen molar-refractivity contribution in [2.75, 3.05) is 0 Å². The first kappa shape index (κ1) is 14.3. The molecule has 0 radical (unpaired) electrons. The molecule has 0 unspecified atom stereocenters. The van der Waals surface area contributed by atoms with Crippen LogP contribution in [0.15, 0.2) is 17.6 Å². The monoisotopic (exact) mass is 305 g/mol. The molecule has 5 nitrogen and oxygen atoms in total. The second-order valence-corrected chi connectivity index (χ2v) is 6.38. The maximum Gasteiger partial charge on any atom is 0.346 e. The van der Waals surface area contributed by atoms with Crippen LogP contribution in [0.25, 0.3) is 0 Å². The summed E-state index contributed by atoms with van der Waals surface area (Å²) in [4.78, 5) is 11.5. The zero-order valence-electron chi connectivity index (χ0n) is 12.0. The molecule has 0 bridgehead atoms. The highest BCUT2D eigenvalue weighted by atomic mass is 32.1. The molecule has 1 saturated carbocycles. The van der Waals surface area contributed by atoms with Gasteiger partial charge in [0, 0.05) is 24.3 Å². The maximum absolute atomic E-state index is 11.1. The molecule has 1 aliphatic rings. The van der Waals surface area contributed by atoms with Gasteiger partial charge in [0.25, 0.3) is 0 Å². The molecule has 112 valence electrons. The van der Waals surface area contributed by atoms with E-state index in [9.17, 15) is 4.79 Å². The fourth-order valence-electron chi connectivity index (χ4n) is 2.63. The molecule has 6 heteroatoms. The van der Waals surface area contributed by atoms with Crippen LogP contribution < -0.4 is 5.32 Å². The van der Waals surface area contributed by atoms with Crippen molar-refractivity contribution >= 4 is 17.3 Å². The highest BCUT2D eigenvalue weighted by Crippen LogP contribution is 2.32. The number of hydrogen-bond acceptors (Lipinski definition) is 4.